The molecule has 0 bridgehead atoms. The van der Waals surface area contributed by atoms with Crippen molar-refractivity contribution in [3.8, 4) is 0 Å². The fourth-order valence-electron chi connectivity index (χ4n) is 1.37. The highest BCUT2D eigenvalue weighted by molar-refractivity contribution is 5.65. The standard InChI is InChI=1S/C6H12N2O3/c7-11-4-5-2-1-3-8(5)6(9)10/h5H,1-4,7H2,(H,9,10)/t5-/m1/s1. The van der Waals surface area contributed by atoms with Crippen LogP contribution in [0.3, 0.4) is 0 Å². The summed E-state index contributed by atoms with van der Waals surface area (Å²) in [4.78, 5) is 16.3. The Hall–Kier alpha value is -0.810. The molecule has 64 valence electrons. The van der Waals surface area contributed by atoms with E-state index >= 15 is 0 Å². The van der Waals surface area contributed by atoms with Crippen LogP contribution in [0.15, 0.2) is 0 Å². The molecule has 0 spiro atoms. The van der Waals surface area contributed by atoms with Crippen LogP contribution in [-0.2, 0) is 4.84 Å². The number of carbonyl (C=O) groups is 1. The average Bonchev–Trinajstić information content (AvgIpc) is 2.36. The molecule has 0 aromatic rings. The largest absolute Gasteiger partial charge is 0.465 e. The molecule has 0 unspecified atom stereocenters. The molecular weight excluding hydrogens is 148 g/mol. The number of nitrogens with two attached hydrogens (primary N) is 1. The predicted octanol–water partition coefficient (Wildman–Crippen LogP) is 0.0191. The second-order valence-corrected chi connectivity index (χ2v) is 2.61. The lowest BCUT2D eigenvalue weighted by Gasteiger charge is -2.19. The predicted molar refractivity (Wildman–Crippen MR) is 37.9 cm³/mol. The van der Waals surface area contributed by atoms with Gasteiger partial charge in [0, 0.05) is 6.54 Å². The zero-order chi connectivity index (χ0) is 8.27. The van der Waals surface area contributed by atoms with Crippen LogP contribution in [0, 0.1) is 0 Å². The fraction of sp³-hybridized carbons (Fsp3) is 0.833. The number of hydrogen-bond acceptors (Lipinski definition) is 3. The summed E-state index contributed by atoms with van der Waals surface area (Å²) < 4.78 is 0. The van der Waals surface area contributed by atoms with Gasteiger partial charge in [0.2, 0.25) is 0 Å². The third kappa shape index (κ3) is 1.81. The summed E-state index contributed by atoms with van der Waals surface area (Å²) >= 11 is 0. The van der Waals surface area contributed by atoms with Crippen LogP contribution in [0.2, 0.25) is 0 Å². The lowest BCUT2D eigenvalue weighted by atomic mass is 10.2. The van der Waals surface area contributed by atoms with Crippen LogP contribution >= 0.6 is 0 Å². The van der Waals surface area contributed by atoms with Crippen molar-refractivity contribution < 1.29 is 14.7 Å². The van der Waals surface area contributed by atoms with Crippen molar-refractivity contribution in [2.45, 2.75) is 18.9 Å². The topological polar surface area (TPSA) is 75.8 Å². The fourth-order valence-corrected chi connectivity index (χ4v) is 1.37. The molecule has 1 amide bonds. The highest BCUT2D eigenvalue weighted by Gasteiger charge is 2.28. The molecule has 0 aromatic carbocycles. The van der Waals surface area contributed by atoms with Crippen molar-refractivity contribution in [2.24, 2.45) is 5.90 Å². The first kappa shape index (κ1) is 8.29. The van der Waals surface area contributed by atoms with Gasteiger partial charge in [0.05, 0.1) is 12.6 Å². The van der Waals surface area contributed by atoms with Gasteiger partial charge in [-0.3, -0.25) is 0 Å². The molecule has 11 heavy (non-hydrogen) atoms. The summed E-state index contributed by atoms with van der Waals surface area (Å²) in [5.74, 6) is 4.85. The number of hydrogen-bond donors (Lipinski definition) is 2. The smallest absolute Gasteiger partial charge is 0.407 e. The highest BCUT2D eigenvalue weighted by atomic mass is 16.6. The molecule has 0 aliphatic carbocycles. The number of nitrogens with zero attached hydrogens (tertiary/aromatic N) is 1. The van der Waals surface area contributed by atoms with Gasteiger partial charge in [-0.25, -0.2) is 10.7 Å². The summed E-state index contributed by atoms with van der Waals surface area (Å²) in [5.41, 5.74) is 0. The van der Waals surface area contributed by atoms with E-state index in [-0.39, 0.29) is 6.04 Å². The normalized spacial score (nSPS) is 24.1. The Bertz CT molecular complexity index is 151. The van der Waals surface area contributed by atoms with E-state index in [0.29, 0.717) is 13.2 Å². The molecule has 1 saturated heterocycles. The van der Waals surface area contributed by atoms with Crippen LogP contribution in [0.4, 0.5) is 4.79 Å². The second-order valence-electron chi connectivity index (χ2n) is 2.61. The van der Waals surface area contributed by atoms with Crippen molar-refractivity contribution in [3.63, 3.8) is 0 Å². The molecule has 0 saturated carbocycles. The molecule has 5 heteroatoms. The van der Waals surface area contributed by atoms with Crippen LogP contribution in [0.1, 0.15) is 12.8 Å². The van der Waals surface area contributed by atoms with Gasteiger partial charge in [-0.05, 0) is 12.8 Å². The quantitative estimate of drug-likeness (QED) is 0.558. The van der Waals surface area contributed by atoms with Crippen molar-refractivity contribution in [1.29, 1.82) is 0 Å². The van der Waals surface area contributed by atoms with Crippen molar-refractivity contribution in [2.75, 3.05) is 13.2 Å². The van der Waals surface area contributed by atoms with Crippen LogP contribution < -0.4 is 5.90 Å². The maximum absolute atomic E-state index is 10.5. The van der Waals surface area contributed by atoms with Gasteiger partial charge in [0.1, 0.15) is 0 Å². The molecule has 5 nitrogen and oxygen atoms in total. The van der Waals surface area contributed by atoms with E-state index in [0.717, 1.165) is 12.8 Å². The minimum absolute atomic E-state index is 0.0440. The number of rotatable bonds is 2. The molecule has 1 fully saturated rings. The highest BCUT2D eigenvalue weighted by Crippen LogP contribution is 2.16. The SMILES string of the molecule is NOC[C@H]1CCCN1C(=O)O. The van der Waals surface area contributed by atoms with Crippen molar-refractivity contribution >= 4 is 6.09 Å². The Morgan fingerprint density at radius 1 is 1.82 bits per heavy atom. The Kier molecular flexibility index (Phi) is 2.67. The van der Waals surface area contributed by atoms with Crippen molar-refractivity contribution in [1.82, 2.24) is 4.90 Å². The zero-order valence-electron chi connectivity index (χ0n) is 6.19. The van der Waals surface area contributed by atoms with Crippen LogP contribution in [0.5, 0.6) is 0 Å². The molecule has 1 atom stereocenters. The van der Waals surface area contributed by atoms with E-state index in [1.165, 1.54) is 4.90 Å². The molecule has 1 aliphatic heterocycles. The second kappa shape index (κ2) is 3.54. The van der Waals surface area contributed by atoms with Gasteiger partial charge in [0.25, 0.3) is 0 Å². The van der Waals surface area contributed by atoms with Gasteiger partial charge < -0.3 is 14.8 Å². The molecule has 3 N–H and O–H groups in total. The van der Waals surface area contributed by atoms with E-state index < -0.39 is 6.09 Å². The monoisotopic (exact) mass is 160 g/mol. The zero-order valence-corrected chi connectivity index (χ0v) is 6.19. The lowest BCUT2D eigenvalue weighted by molar-refractivity contribution is 0.0733. The third-order valence-corrected chi connectivity index (χ3v) is 1.91. The first-order valence-corrected chi connectivity index (χ1v) is 3.57. The molecule has 1 aliphatic rings. The van der Waals surface area contributed by atoms with Gasteiger partial charge >= 0.3 is 6.09 Å². The minimum atomic E-state index is -0.885. The van der Waals surface area contributed by atoms with Gasteiger partial charge in [0.15, 0.2) is 0 Å². The summed E-state index contributed by atoms with van der Waals surface area (Å²) in [6.07, 6.45) is 0.869. The maximum atomic E-state index is 10.5. The summed E-state index contributed by atoms with van der Waals surface area (Å²) in [5, 5.41) is 8.64. The summed E-state index contributed by atoms with van der Waals surface area (Å²) in [6, 6.07) is -0.0440. The van der Waals surface area contributed by atoms with E-state index in [1.807, 2.05) is 0 Å². The lowest BCUT2D eigenvalue weighted by Crippen LogP contribution is -2.37. The van der Waals surface area contributed by atoms with Crippen LogP contribution in [0.25, 0.3) is 0 Å². The Morgan fingerprint density at radius 3 is 3.09 bits per heavy atom. The minimum Gasteiger partial charge on any atom is -0.465 e. The van der Waals surface area contributed by atoms with Gasteiger partial charge in [-0.1, -0.05) is 0 Å². The molecular formula is C6H12N2O3. The number of likely N-dealkylation sites (tertiary alicyclic amines) is 1. The Balaban J connectivity index is 2.44. The summed E-state index contributed by atoms with van der Waals surface area (Å²) in [7, 11) is 0. The average molecular weight is 160 g/mol. The molecule has 1 rings (SSSR count). The molecule has 0 aromatic heterocycles. The van der Waals surface area contributed by atoms with E-state index in [9.17, 15) is 4.79 Å². The first-order chi connectivity index (χ1) is 5.25. The van der Waals surface area contributed by atoms with E-state index in [4.69, 9.17) is 11.0 Å². The van der Waals surface area contributed by atoms with Crippen molar-refractivity contribution in [3.05, 3.63) is 0 Å². The van der Waals surface area contributed by atoms with E-state index in [2.05, 4.69) is 4.84 Å². The maximum Gasteiger partial charge on any atom is 0.407 e. The van der Waals surface area contributed by atoms with Gasteiger partial charge in [-0.2, -0.15) is 0 Å². The van der Waals surface area contributed by atoms with Gasteiger partial charge in [-0.15, -0.1) is 0 Å². The van der Waals surface area contributed by atoms with E-state index in [1.54, 1.807) is 0 Å². The first-order valence-electron chi connectivity index (χ1n) is 3.57. The summed E-state index contributed by atoms with van der Waals surface area (Å²) in [6.45, 7) is 0.898. The molecule has 1 heterocycles. The molecule has 0 radical (unpaired) electrons. The Labute approximate surface area is 64.7 Å². The number of amides is 1. The Morgan fingerprint density at radius 2 is 2.55 bits per heavy atom. The third-order valence-electron chi connectivity index (χ3n) is 1.91. The number of carboxylic acid groups (broad SMARTS) is 1. The van der Waals surface area contributed by atoms with Crippen LogP contribution in [-0.4, -0.2) is 35.3 Å².